The van der Waals surface area contributed by atoms with Gasteiger partial charge in [-0.05, 0) is 63.4 Å². The first-order valence-electron chi connectivity index (χ1n) is 7.14. The minimum atomic E-state index is 0.676. The Hall–Kier alpha value is -1.74. The van der Waals surface area contributed by atoms with Gasteiger partial charge in [0.15, 0.2) is 0 Å². The Labute approximate surface area is 121 Å². The quantitative estimate of drug-likeness (QED) is 0.926. The maximum Gasteiger partial charge on any atom is 0.129 e. The molecule has 2 aromatic rings. The van der Waals surface area contributed by atoms with E-state index in [0.717, 1.165) is 30.1 Å². The zero-order valence-corrected chi connectivity index (χ0v) is 12.8. The van der Waals surface area contributed by atoms with Crippen LogP contribution < -0.4 is 5.73 Å². The van der Waals surface area contributed by atoms with Crippen molar-refractivity contribution in [1.82, 2.24) is 9.97 Å². The van der Waals surface area contributed by atoms with Crippen molar-refractivity contribution in [3.05, 3.63) is 46.4 Å². The Morgan fingerprint density at radius 3 is 2.45 bits per heavy atom. The number of benzene rings is 1. The van der Waals surface area contributed by atoms with Crippen LogP contribution in [0.4, 0.5) is 0 Å². The molecule has 0 spiro atoms. The minimum Gasteiger partial charge on any atom is -0.330 e. The Morgan fingerprint density at radius 2 is 1.75 bits per heavy atom. The van der Waals surface area contributed by atoms with E-state index in [0.29, 0.717) is 6.54 Å². The van der Waals surface area contributed by atoms with Gasteiger partial charge in [0.1, 0.15) is 5.82 Å². The molecule has 0 radical (unpaired) electrons. The number of nitrogens with zero attached hydrogens (tertiary/aromatic N) is 2. The van der Waals surface area contributed by atoms with Crippen molar-refractivity contribution in [2.45, 2.75) is 40.5 Å². The van der Waals surface area contributed by atoms with Gasteiger partial charge in [-0.2, -0.15) is 0 Å². The van der Waals surface area contributed by atoms with E-state index in [1.165, 1.54) is 22.3 Å². The zero-order chi connectivity index (χ0) is 14.7. The first kappa shape index (κ1) is 14.7. The molecule has 3 heteroatoms. The van der Waals surface area contributed by atoms with Crippen molar-refractivity contribution < 1.29 is 0 Å². The molecule has 0 aliphatic carbocycles. The monoisotopic (exact) mass is 269 g/mol. The van der Waals surface area contributed by atoms with E-state index < -0.39 is 0 Å². The second-order valence-corrected chi connectivity index (χ2v) is 5.38. The lowest BCUT2D eigenvalue weighted by Gasteiger charge is -2.12. The van der Waals surface area contributed by atoms with Crippen molar-refractivity contribution in [1.29, 1.82) is 0 Å². The number of aromatic nitrogens is 2. The van der Waals surface area contributed by atoms with Crippen LogP contribution in [0, 0.1) is 27.7 Å². The fourth-order valence-corrected chi connectivity index (χ4v) is 2.37. The van der Waals surface area contributed by atoms with Crippen LogP contribution in [0.1, 0.15) is 34.6 Å². The van der Waals surface area contributed by atoms with Crippen LogP contribution in [0.15, 0.2) is 18.2 Å². The molecule has 0 atom stereocenters. The molecule has 0 fully saturated rings. The molecule has 3 nitrogen and oxygen atoms in total. The highest BCUT2D eigenvalue weighted by Gasteiger charge is 2.09. The van der Waals surface area contributed by atoms with Gasteiger partial charge in [-0.25, -0.2) is 9.97 Å². The summed E-state index contributed by atoms with van der Waals surface area (Å²) < 4.78 is 0. The molecule has 0 unspecified atom stereocenters. The molecule has 0 amide bonds. The Balaban J connectivity index is 2.47. The van der Waals surface area contributed by atoms with Crippen molar-refractivity contribution in [2.75, 3.05) is 6.54 Å². The van der Waals surface area contributed by atoms with Crippen molar-refractivity contribution in [3.63, 3.8) is 0 Å². The molecule has 106 valence electrons. The Bertz CT molecular complexity index is 618. The third kappa shape index (κ3) is 3.05. The van der Waals surface area contributed by atoms with Crippen LogP contribution >= 0.6 is 0 Å². The van der Waals surface area contributed by atoms with Crippen LogP contribution in [0.3, 0.4) is 0 Å². The molecule has 0 bridgehead atoms. The minimum absolute atomic E-state index is 0.676. The normalized spacial score (nSPS) is 10.8. The highest BCUT2D eigenvalue weighted by Crippen LogP contribution is 2.26. The summed E-state index contributed by atoms with van der Waals surface area (Å²) in [4.78, 5) is 9.21. The molecule has 1 aromatic heterocycles. The SMILES string of the molecule is Cc1cc(-c2ccc(C)c(C)c2C)nc(CCCN)n1. The van der Waals surface area contributed by atoms with E-state index in [-0.39, 0.29) is 0 Å². The van der Waals surface area contributed by atoms with Gasteiger partial charge >= 0.3 is 0 Å². The lowest BCUT2D eigenvalue weighted by atomic mass is 9.96. The molecule has 1 aromatic carbocycles. The van der Waals surface area contributed by atoms with Crippen LogP contribution in [0.5, 0.6) is 0 Å². The summed E-state index contributed by atoms with van der Waals surface area (Å²) in [6.45, 7) is 9.17. The number of rotatable bonds is 4. The number of aryl methyl sites for hydroxylation is 3. The smallest absolute Gasteiger partial charge is 0.129 e. The van der Waals surface area contributed by atoms with Gasteiger partial charge < -0.3 is 5.73 Å². The summed E-state index contributed by atoms with van der Waals surface area (Å²) in [5.74, 6) is 0.892. The number of hydrogen-bond acceptors (Lipinski definition) is 3. The average Bonchev–Trinajstić information content (AvgIpc) is 2.42. The molecular formula is C17H23N3. The summed E-state index contributed by atoms with van der Waals surface area (Å²) in [6, 6.07) is 6.38. The molecule has 1 heterocycles. The number of hydrogen-bond donors (Lipinski definition) is 1. The molecule has 0 aliphatic heterocycles. The predicted molar refractivity (Wildman–Crippen MR) is 83.8 cm³/mol. The largest absolute Gasteiger partial charge is 0.330 e. The van der Waals surface area contributed by atoms with Crippen molar-refractivity contribution in [3.8, 4) is 11.3 Å². The van der Waals surface area contributed by atoms with E-state index in [4.69, 9.17) is 10.7 Å². The predicted octanol–water partition coefficient (Wildman–Crippen LogP) is 3.27. The first-order valence-corrected chi connectivity index (χ1v) is 7.14. The van der Waals surface area contributed by atoms with Gasteiger partial charge in [0.05, 0.1) is 5.69 Å². The highest BCUT2D eigenvalue weighted by atomic mass is 14.9. The fraction of sp³-hybridized carbons (Fsp3) is 0.412. The van der Waals surface area contributed by atoms with E-state index in [1.54, 1.807) is 0 Å². The lowest BCUT2D eigenvalue weighted by Crippen LogP contribution is -2.05. The summed E-state index contributed by atoms with van der Waals surface area (Å²) in [6.07, 6.45) is 1.77. The second kappa shape index (κ2) is 6.14. The van der Waals surface area contributed by atoms with Crippen molar-refractivity contribution in [2.24, 2.45) is 5.73 Å². The lowest BCUT2D eigenvalue weighted by molar-refractivity contribution is 0.776. The van der Waals surface area contributed by atoms with E-state index in [2.05, 4.69) is 44.0 Å². The van der Waals surface area contributed by atoms with Gasteiger partial charge in [-0.3, -0.25) is 0 Å². The van der Waals surface area contributed by atoms with E-state index in [1.807, 2.05) is 6.92 Å². The maximum atomic E-state index is 5.57. The highest BCUT2D eigenvalue weighted by molar-refractivity contribution is 5.66. The second-order valence-electron chi connectivity index (χ2n) is 5.38. The third-order valence-corrected chi connectivity index (χ3v) is 3.84. The topological polar surface area (TPSA) is 51.8 Å². The molecule has 0 saturated heterocycles. The molecule has 2 rings (SSSR count). The van der Waals surface area contributed by atoms with Crippen molar-refractivity contribution >= 4 is 0 Å². The summed E-state index contributed by atoms with van der Waals surface area (Å²) >= 11 is 0. The maximum absolute atomic E-state index is 5.57. The summed E-state index contributed by atoms with van der Waals surface area (Å²) in [7, 11) is 0. The summed E-state index contributed by atoms with van der Waals surface area (Å²) in [5.41, 5.74) is 12.8. The molecule has 0 aliphatic rings. The third-order valence-electron chi connectivity index (χ3n) is 3.84. The molecule has 20 heavy (non-hydrogen) atoms. The fourth-order valence-electron chi connectivity index (χ4n) is 2.37. The van der Waals surface area contributed by atoms with E-state index >= 15 is 0 Å². The number of nitrogens with two attached hydrogens (primary N) is 1. The Morgan fingerprint density at radius 1 is 1.00 bits per heavy atom. The van der Waals surface area contributed by atoms with Gasteiger partial charge in [-0.15, -0.1) is 0 Å². The van der Waals surface area contributed by atoms with Gasteiger partial charge in [0, 0.05) is 17.7 Å². The molecule has 2 N–H and O–H groups in total. The van der Waals surface area contributed by atoms with Gasteiger partial charge in [-0.1, -0.05) is 12.1 Å². The Kier molecular flexibility index (Phi) is 4.50. The van der Waals surface area contributed by atoms with Crippen LogP contribution in [-0.4, -0.2) is 16.5 Å². The average molecular weight is 269 g/mol. The van der Waals surface area contributed by atoms with E-state index in [9.17, 15) is 0 Å². The van der Waals surface area contributed by atoms with Crippen LogP contribution in [0.2, 0.25) is 0 Å². The molecule has 0 saturated carbocycles. The van der Waals surface area contributed by atoms with Crippen LogP contribution in [-0.2, 0) is 6.42 Å². The van der Waals surface area contributed by atoms with Crippen LogP contribution in [0.25, 0.3) is 11.3 Å². The van der Waals surface area contributed by atoms with Gasteiger partial charge in [0.25, 0.3) is 0 Å². The first-order chi connectivity index (χ1) is 9.52. The molecular weight excluding hydrogens is 246 g/mol. The zero-order valence-electron chi connectivity index (χ0n) is 12.8. The van der Waals surface area contributed by atoms with Gasteiger partial charge in [0.2, 0.25) is 0 Å². The standard InChI is InChI=1S/C17H23N3/c1-11-7-8-15(14(4)13(11)3)16-10-12(2)19-17(20-16)6-5-9-18/h7-8,10H,5-6,9,18H2,1-4H3. The summed E-state index contributed by atoms with van der Waals surface area (Å²) in [5, 5.41) is 0.